The molecule has 0 aliphatic carbocycles. The molecule has 1 saturated heterocycles. The highest BCUT2D eigenvalue weighted by molar-refractivity contribution is 14.0. The number of nitrogens with zero attached hydrogens (tertiary/aromatic N) is 2. The Balaban J connectivity index is 0.00000288. The van der Waals surface area contributed by atoms with Crippen molar-refractivity contribution in [2.24, 2.45) is 4.99 Å². The van der Waals surface area contributed by atoms with Gasteiger partial charge in [0.2, 0.25) is 0 Å². The van der Waals surface area contributed by atoms with Crippen molar-refractivity contribution in [2.75, 3.05) is 53.0 Å². The standard InChI is InChI=1S/C18H30N4O.HI/c1-18(2,16-7-5-4-6-8-16)15-21-17(19-3)20-9-10-22-11-13-23-14-12-22;/h4-8H,9-15H2,1-3H3,(H2,19,20,21);1H. The van der Waals surface area contributed by atoms with Crippen molar-refractivity contribution in [3.8, 4) is 0 Å². The Labute approximate surface area is 163 Å². The van der Waals surface area contributed by atoms with Crippen molar-refractivity contribution in [1.29, 1.82) is 0 Å². The molecule has 1 heterocycles. The summed E-state index contributed by atoms with van der Waals surface area (Å²) in [5.41, 5.74) is 1.39. The summed E-state index contributed by atoms with van der Waals surface area (Å²) in [6.07, 6.45) is 0. The second-order valence-electron chi connectivity index (χ2n) is 6.56. The third-order valence-electron chi connectivity index (χ3n) is 4.30. The van der Waals surface area contributed by atoms with Gasteiger partial charge in [-0.25, -0.2) is 0 Å². The Hall–Kier alpha value is -0.860. The van der Waals surface area contributed by atoms with Crippen molar-refractivity contribution in [3.05, 3.63) is 35.9 Å². The van der Waals surface area contributed by atoms with E-state index >= 15 is 0 Å². The SMILES string of the molecule is CN=C(NCCN1CCOCC1)NCC(C)(C)c1ccccc1.I. The molecule has 5 nitrogen and oxygen atoms in total. The van der Waals surface area contributed by atoms with Crippen LogP contribution in [-0.4, -0.2) is 63.8 Å². The fourth-order valence-corrected chi connectivity index (χ4v) is 2.67. The van der Waals surface area contributed by atoms with E-state index in [1.54, 1.807) is 0 Å². The molecule has 0 saturated carbocycles. The topological polar surface area (TPSA) is 48.9 Å². The van der Waals surface area contributed by atoms with Crippen molar-refractivity contribution >= 4 is 29.9 Å². The van der Waals surface area contributed by atoms with Gasteiger partial charge in [-0.3, -0.25) is 9.89 Å². The molecule has 0 amide bonds. The van der Waals surface area contributed by atoms with E-state index in [0.29, 0.717) is 0 Å². The van der Waals surface area contributed by atoms with E-state index in [1.807, 2.05) is 7.05 Å². The molecule has 1 fully saturated rings. The minimum Gasteiger partial charge on any atom is -0.379 e. The summed E-state index contributed by atoms with van der Waals surface area (Å²) in [4.78, 5) is 6.73. The lowest BCUT2D eigenvalue weighted by Crippen LogP contribution is -2.46. The second kappa shape index (κ2) is 10.9. The lowest BCUT2D eigenvalue weighted by molar-refractivity contribution is 0.0389. The number of ether oxygens (including phenoxy) is 1. The minimum absolute atomic E-state index is 0. The first kappa shape index (κ1) is 21.2. The van der Waals surface area contributed by atoms with Gasteiger partial charge in [0.15, 0.2) is 5.96 Å². The normalized spacial score (nSPS) is 16.4. The molecular formula is C18H31IN4O. The largest absolute Gasteiger partial charge is 0.379 e. The molecule has 24 heavy (non-hydrogen) atoms. The van der Waals surface area contributed by atoms with E-state index in [4.69, 9.17) is 4.74 Å². The number of morpholine rings is 1. The molecule has 1 aromatic rings. The Morgan fingerprint density at radius 3 is 2.46 bits per heavy atom. The van der Waals surface area contributed by atoms with Crippen LogP contribution in [0.25, 0.3) is 0 Å². The Bertz CT molecular complexity index is 487. The van der Waals surface area contributed by atoms with Gasteiger partial charge >= 0.3 is 0 Å². The Morgan fingerprint density at radius 1 is 1.17 bits per heavy atom. The molecule has 0 bridgehead atoms. The quantitative estimate of drug-likeness (QED) is 0.399. The van der Waals surface area contributed by atoms with Crippen LogP contribution in [0, 0.1) is 0 Å². The summed E-state index contributed by atoms with van der Waals surface area (Å²) in [5.74, 6) is 0.863. The molecule has 136 valence electrons. The monoisotopic (exact) mass is 446 g/mol. The third kappa shape index (κ3) is 6.94. The average Bonchev–Trinajstić information content (AvgIpc) is 2.59. The second-order valence-corrected chi connectivity index (χ2v) is 6.56. The molecule has 2 rings (SSSR count). The highest BCUT2D eigenvalue weighted by Gasteiger charge is 2.20. The number of guanidine groups is 1. The van der Waals surface area contributed by atoms with E-state index in [0.717, 1.165) is 51.9 Å². The Kier molecular flexibility index (Phi) is 9.61. The molecular weight excluding hydrogens is 415 g/mol. The van der Waals surface area contributed by atoms with Gasteiger partial charge in [0.25, 0.3) is 0 Å². The number of rotatable bonds is 6. The van der Waals surface area contributed by atoms with Crippen LogP contribution in [0.15, 0.2) is 35.3 Å². The average molecular weight is 446 g/mol. The zero-order valence-corrected chi connectivity index (χ0v) is 17.4. The minimum atomic E-state index is 0. The maximum Gasteiger partial charge on any atom is 0.191 e. The number of benzene rings is 1. The van der Waals surface area contributed by atoms with Gasteiger partial charge in [0, 0.05) is 45.2 Å². The number of nitrogens with one attached hydrogen (secondary N) is 2. The predicted octanol–water partition coefficient (Wildman–Crippen LogP) is 2.08. The zero-order chi connectivity index (χ0) is 16.5. The fraction of sp³-hybridized carbons (Fsp3) is 0.611. The molecule has 0 radical (unpaired) electrons. The molecule has 1 aromatic carbocycles. The lowest BCUT2D eigenvalue weighted by Gasteiger charge is -2.28. The lowest BCUT2D eigenvalue weighted by atomic mass is 9.85. The first-order chi connectivity index (χ1) is 11.1. The maximum absolute atomic E-state index is 5.37. The number of halogens is 1. The van der Waals surface area contributed by atoms with Gasteiger partial charge in [-0.1, -0.05) is 44.2 Å². The van der Waals surface area contributed by atoms with E-state index in [2.05, 4.69) is 64.7 Å². The van der Waals surface area contributed by atoms with Gasteiger partial charge in [-0.2, -0.15) is 0 Å². The van der Waals surface area contributed by atoms with Crippen LogP contribution in [0.2, 0.25) is 0 Å². The molecule has 0 unspecified atom stereocenters. The van der Waals surface area contributed by atoms with Crippen LogP contribution in [0.4, 0.5) is 0 Å². The maximum atomic E-state index is 5.37. The van der Waals surface area contributed by atoms with Crippen LogP contribution >= 0.6 is 24.0 Å². The van der Waals surface area contributed by atoms with E-state index in [1.165, 1.54) is 5.56 Å². The highest BCUT2D eigenvalue weighted by atomic mass is 127. The van der Waals surface area contributed by atoms with E-state index in [-0.39, 0.29) is 29.4 Å². The van der Waals surface area contributed by atoms with Gasteiger partial charge in [0.05, 0.1) is 13.2 Å². The summed E-state index contributed by atoms with van der Waals surface area (Å²) >= 11 is 0. The van der Waals surface area contributed by atoms with Crippen LogP contribution in [0.3, 0.4) is 0 Å². The molecule has 0 aromatic heterocycles. The Morgan fingerprint density at radius 2 is 1.83 bits per heavy atom. The summed E-state index contributed by atoms with van der Waals surface area (Å²) in [7, 11) is 1.82. The number of hydrogen-bond acceptors (Lipinski definition) is 3. The molecule has 1 aliphatic heterocycles. The van der Waals surface area contributed by atoms with Gasteiger partial charge < -0.3 is 15.4 Å². The van der Waals surface area contributed by atoms with Crippen molar-refractivity contribution in [3.63, 3.8) is 0 Å². The van der Waals surface area contributed by atoms with Gasteiger partial charge in [-0.15, -0.1) is 24.0 Å². The summed E-state index contributed by atoms with van der Waals surface area (Å²) in [5, 5.41) is 6.84. The van der Waals surface area contributed by atoms with E-state index < -0.39 is 0 Å². The molecule has 6 heteroatoms. The highest BCUT2D eigenvalue weighted by Crippen LogP contribution is 2.21. The third-order valence-corrected chi connectivity index (χ3v) is 4.30. The molecule has 0 spiro atoms. The summed E-state index contributed by atoms with van der Waals surface area (Å²) in [6.45, 7) is 11.0. The van der Waals surface area contributed by atoms with Crippen LogP contribution in [0.1, 0.15) is 19.4 Å². The van der Waals surface area contributed by atoms with Crippen molar-refractivity contribution < 1.29 is 4.74 Å². The fourth-order valence-electron chi connectivity index (χ4n) is 2.67. The van der Waals surface area contributed by atoms with Gasteiger partial charge in [0.1, 0.15) is 0 Å². The van der Waals surface area contributed by atoms with E-state index in [9.17, 15) is 0 Å². The van der Waals surface area contributed by atoms with Crippen LogP contribution in [-0.2, 0) is 10.2 Å². The number of hydrogen-bond donors (Lipinski definition) is 2. The zero-order valence-electron chi connectivity index (χ0n) is 15.0. The first-order valence-corrected chi connectivity index (χ1v) is 8.42. The molecule has 2 N–H and O–H groups in total. The van der Waals surface area contributed by atoms with Crippen molar-refractivity contribution in [2.45, 2.75) is 19.3 Å². The first-order valence-electron chi connectivity index (χ1n) is 8.42. The van der Waals surface area contributed by atoms with Crippen LogP contribution < -0.4 is 10.6 Å². The number of aliphatic imine (C=N–C) groups is 1. The summed E-state index contributed by atoms with van der Waals surface area (Å²) < 4.78 is 5.37. The smallest absolute Gasteiger partial charge is 0.191 e. The molecule has 0 atom stereocenters. The molecule has 1 aliphatic rings. The van der Waals surface area contributed by atoms with Crippen molar-refractivity contribution in [1.82, 2.24) is 15.5 Å². The van der Waals surface area contributed by atoms with Gasteiger partial charge in [-0.05, 0) is 5.56 Å². The predicted molar refractivity (Wildman–Crippen MR) is 112 cm³/mol. The van der Waals surface area contributed by atoms with Crippen LogP contribution in [0.5, 0.6) is 0 Å². The summed E-state index contributed by atoms with van der Waals surface area (Å²) in [6, 6.07) is 10.6.